The minimum Gasteiger partial charge on any atom is -0.379 e. The maximum atomic E-state index is 6.04. The highest BCUT2D eigenvalue weighted by Gasteiger charge is 2.38. The van der Waals surface area contributed by atoms with E-state index in [4.69, 9.17) is 16.3 Å². The van der Waals surface area contributed by atoms with Gasteiger partial charge in [0.15, 0.2) is 5.96 Å². The Kier molecular flexibility index (Phi) is 8.93. The number of halogens is 2. The standard InChI is InChI=1S/C19H29ClN4O.HI/c1-21-18(22-9-10-24-11-13-25-14-12-24)23-15-19(7-2-8-19)16-3-5-17(20)6-4-16;/h3-6H,2,7-15H2,1H3,(H2,21,22,23);1H. The average Bonchev–Trinajstić information content (AvgIpc) is 2.61. The minimum absolute atomic E-state index is 0. The molecule has 2 fully saturated rings. The summed E-state index contributed by atoms with van der Waals surface area (Å²) in [5.74, 6) is 0.883. The van der Waals surface area contributed by atoms with Gasteiger partial charge in [-0.1, -0.05) is 30.2 Å². The van der Waals surface area contributed by atoms with E-state index in [0.29, 0.717) is 0 Å². The van der Waals surface area contributed by atoms with Crippen molar-refractivity contribution in [1.29, 1.82) is 0 Å². The van der Waals surface area contributed by atoms with Crippen LogP contribution in [0.15, 0.2) is 29.3 Å². The summed E-state index contributed by atoms with van der Waals surface area (Å²) in [5, 5.41) is 7.76. The van der Waals surface area contributed by atoms with Gasteiger partial charge in [0.25, 0.3) is 0 Å². The van der Waals surface area contributed by atoms with Crippen LogP contribution >= 0.6 is 35.6 Å². The summed E-state index contributed by atoms with van der Waals surface area (Å²) in [4.78, 5) is 6.79. The average molecular weight is 493 g/mol. The molecule has 1 aromatic rings. The van der Waals surface area contributed by atoms with Crippen molar-refractivity contribution in [2.24, 2.45) is 4.99 Å². The summed E-state index contributed by atoms with van der Waals surface area (Å²) in [5.41, 5.74) is 1.59. The zero-order valence-electron chi connectivity index (χ0n) is 15.5. The van der Waals surface area contributed by atoms with Crippen LogP contribution in [0.2, 0.25) is 5.02 Å². The van der Waals surface area contributed by atoms with Crippen LogP contribution < -0.4 is 10.6 Å². The first kappa shape index (κ1) is 21.7. The largest absolute Gasteiger partial charge is 0.379 e. The van der Waals surface area contributed by atoms with Crippen molar-refractivity contribution in [2.75, 3.05) is 53.0 Å². The molecule has 3 rings (SSSR count). The first-order valence-corrected chi connectivity index (χ1v) is 9.60. The van der Waals surface area contributed by atoms with Crippen LogP contribution in [-0.4, -0.2) is 63.8 Å². The lowest BCUT2D eigenvalue weighted by Crippen LogP contribution is -2.50. The molecule has 1 saturated heterocycles. The van der Waals surface area contributed by atoms with Gasteiger partial charge in [0.1, 0.15) is 0 Å². The number of nitrogens with one attached hydrogen (secondary N) is 2. The molecule has 0 bridgehead atoms. The fourth-order valence-corrected chi connectivity index (χ4v) is 3.73. The van der Waals surface area contributed by atoms with Gasteiger partial charge < -0.3 is 15.4 Å². The van der Waals surface area contributed by atoms with Crippen molar-refractivity contribution in [3.63, 3.8) is 0 Å². The van der Waals surface area contributed by atoms with E-state index in [1.54, 1.807) is 0 Å². The van der Waals surface area contributed by atoms with E-state index in [1.807, 2.05) is 19.2 Å². The molecule has 0 amide bonds. The fraction of sp³-hybridized carbons (Fsp3) is 0.632. The Morgan fingerprint density at radius 2 is 1.88 bits per heavy atom. The maximum absolute atomic E-state index is 6.04. The molecule has 0 spiro atoms. The lowest BCUT2D eigenvalue weighted by molar-refractivity contribution is 0.0389. The van der Waals surface area contributed by atoms with E-state index in [9.17, 15) is 0 Å². The van der Waals surface area contributed by atoms with Crippen LogP contribution in [0, 0.1) is 0 Å². The molecule has 2 N–H and O–H groups in total. The van der Waals surface area contributed by atoms with Gasteiger partial charge in [-0.2, -0.15) is 0 Å². The van der Waals surface area contributed by atoms with Gasteiger partial charge in [-0.05, 0) is 30.5 Å². The summed E-state index contributed by atoms with van der Waals surface area (Å²) in [6.07, 6.45) is 3.71. The van der Waals surface area contributed by atoms with Gasteiger partial charge in [0.05, 0.1) is 13.2 Å². The van der Waals surface area contributed by atoms with Crippen molar-refractivity contribution >= 4 is 41.5 Å². The van der Waals surface area contributed by atoms with Crippen molar-refractivity contribution < 1.29 is 4.74 Å². The molecule has 1 aliphatic heterocycles. The van der Waals surface area contributed by atoms with E-state index in [2.05, 4.69) is 32.7 Å². The third kappa shape index (κ3) is 5.71. The molecule has 7 heteroatoms. The Morgan fingerprint density at radius 1 is 1.19 bits per heavy atom. The molecule has 0 unspecified atom stereocenters. The van der Waals surface area contributed by atoms with Gasteiger partial charge in [0.2, 0.25) is 0 Å². The number of aliphatic imine (C=N–C) groups is 1. The van der Waals surface area contributed by atoms with Crippen molar-refractivity contribution in [2.45, 2.75) is 24.7 Å². The molecule has 5 nitrogen and oxygen atoms in total. The Bertz CT molecular complexity index is 571. The fourth-order valence-electron chi connectivity index (χ4n) is 3.61. The molecule has 1 saturated carbocycles. The number of guanidine groups is 1. The molecular weight excluding hydrogens is 463 g/mol. The summed E-state index contributed by atoms with van der Waals surface area (Å²) < 4.78 is 5.39. The van der Waals surface area contributed by atoms with Crippen LogP contribution in [0.1, 0.15) is 24.8 Å². The van der Waals surface area contributed by atoms with Crippen LogP contribution in [-0.2, 0) is 10.2 Å². The van der Waals surface area contributed by atoms with E-state index >= 15 is 0 Å². The number of hydrogen-bond acceptors (Lipinski definition) is 3. The van der Waals surface area contributed by atoms with Crippen molar-refractivity contribution in [1.82, 2.24) is 15.5 Å². The topological polar surface area (TPSA) is 48.9 Å². The SMILES string of the molecule is CN=C(NCCN1CCOCC1)NCC1(c2ccc(Cl)cc2)CCC1.I. The Balaban J connectivity index is 0.00000243. The molecule has 146 valence electrons. The Morgan fingerprint density at radius 3 is 2.46 bits per heavy atom. The summed E-state index contributed by atoms with van der Waals surface area (Å²) in [6, 6.07) is 8.31. The number of hydrogen-bond donors (Lipinski definition) is 2. The third-order valence-corrected chi connectivity index (χ3v) is 5.66. The monoisotopic (exact) mass is 492 g/mol. The number of benzene rings is 1. The predicted molar refractivity (Wildman–Crippen MR) is 119 cm³/mol. The van der Waals surface area contributed by atoms with E-state index in [-0.39, 0.29) is 29.4 Å². The van der Waals surface area contributed by atoms with Crippen molar-refractivity contribution in [3.8, 4) is 0 Å². The molecule has 26 heavy (non-hydrogen) atoms. The summed E-state index contributed by atoms with van der Waals surface area (Å²) >= 11 is 6.04. The smallest absolute Gasteiger partial charge is 0.191 e. The molecule has 2 aliphatic rings. The van der Waals surface area contributed by atoms with E-state index < -0.39 is 0 Å². The molecule has 1 aliphatic carbocycles. The van der Waals surface area contributed by atoms with Crippen LogP contribution in [0.5, 0.6) is 0 Å². The zero-order chi connectivity index (χ0) is 17.5. The quantitative estimate of drug-likeness (QED) is 0.364. The third-order valence-electron chi connectivity index (χ3n) is 5.41. The first-order chi connectivity index (χ1) is 12.2. The van der Waals surface area contributed by atoms with Crippen molar-refractivity contribution in [3.05, 3.63) is 34.9 Å². The molecule has 1 heterocycles. The van der Waals surface area contributed by atoms with Gasteiger partial charge >= 0.3 is 0 Å². The Labute approximate surface area is 178 Å². The number of nitrogens with zero attached hydrogens (tertiary/aromatic N) is 2. The lowest BCUT2D eigenvalue weighted by atomic mass is 9.64. The number of ether oxygens (including phenoxy) is 1. The second-order valence-corrected chi connectivity index (χ2v) is 7.38. The second kappa shape index (κ2) is 10.7. The summed E-state index contributed by atoms with van der Waals surface area (Å²) in [6.45, 7) is 6.56. The number of rotatable bonds is 6. The normalized spacial score (nSPS) is 20.0. The molecule has 1 aromatic carbocycles. The van der Waals surface area contributed by atoms with Crippen LogP contribution in [0.25, 0.3) is 0 Å². The highest BCUT2D eigenvalue weighted by Crippen LogP contribution is 2.43. The molecule has 0 aromatic heterocycles. The molecule has 0 radical (unpaired) electrons. The minimum atomic E-state index is 0. The van der Waals surface area contributed by atoms with E-state index in [0.717, 1.165) is 56.9 Å². The Hall–Kier alpha value is -0.570. The maximum Gasteiger partial charge on any atom is 0.191 e. The van der Waals surface area contributed by atoms with E-state index in [1.165, 1.54) is 24.8 Å². The lowest BCUT2D eigenvalue weighted by Gasteiger charge is -2.43. The number of morpholine rings is 1. The summed E-state index contributed by atoms with van der Waals surface area (Å²) in [7, 11) is 1.83. The van der Waals surface area contributed by atoms with Gasteiger partial charge in [-0.25, -0.2) is 0 Å². The molecule has 0 atom stereocenters. The highest BCUT2D eigenvalue weighted by atomic mass is 127. The zero-order valence-corrected chi connectivity index (χ0v) is 18.6. The second-order valence-electron chi connectivity index (χ2n) is 6.95. The van der Waals surface area contributed by atoms with Crippen LogP contribution in [0.4, 0.5) is 0 Å². The predicted octanol–water partition coefficient (Wildman–Crippen LogP) is 2.88. The van der Waals surface area contributed by atoms with Gasteiger partial charge in [-0.3, -0.25) is 9.89 Å². The molecular formula is C19H30ClIN4O. The highest BCUT2D eigenvalue weighted by molar-refractivity contribution is 14.0. The first-order valence-electron chi connectivity index (χ1n) is 9.22. The van der Waals surface area contributed by atoms with Gasteiger partial charge in [0, 0.05) is 50.2 Å². The van der Waals surface area contributed by atoms with Crippen LogP contribution in [0.3, 0.4) is 0 Å². The van der Waals surface area contributed by atoms with Gasteiger partial charge in [-0.15, -0.1) is 24.0 Å².